The maximum absolute atomic E-state index is 9.12. The van der Waals surface area contributed by atoms with Crippen LogP contribution in [0.15, 0.2) is 12.1 Å². The summed E-state index contributed by atoms with van der Waals surface area (Å²) in [6.07, 6.45) is 0. The number of aromatic hydroxyl groups is 1. The van der Waals surface area contributed by atoms with Gasteiger partial charge < -0.3 is 10.2 Å². The number of rotatable bonds is 0. The molecule has 0 aromatic heterocycles. The average molecular weight is 196 g/mol. The van der Waals surface area contributed by atoms with E-state index in [2.05, 4.69) is 6.92 Å². The van der Waals surface area contributed by atoms with Crippen molar-refractivity contribution >= 4 is 5.97 Å². The molecule has 1 rings (SSSR count). The summed E-state index contributed by atoms with van der Waals surface area (Å²) in [5, 5.41) is 16.5. The van der Waals surface area contributed by atoms with Crippen LogP contribution in [0.25, 0.3) is 0 Å². The molecule has 0 aliphatic carbocycles. The second-order valence-corrected chi connectivity index (χ2v) is 3.22. The van der Waals surface area contributed by atoms with Crippen molar-refractivity contribution < 1.29 is 15.0 Å². The van der Waals surface area contributed by atoms with E-state index in [-0.39, 0.29) is 0 Å². The smallest absolute Gasteiger partial charge is 0.300 e. The van der Waals surface area contributed by atoms with Crippen molar-refractivity contribution in [1.82, 2.24) is 0 Å². The Morgan fingerprint density at radius 2 is 1.43 bits per heavy atom. The molecule has 3 nitrogen and oxygen atoms in total. The number of carboxylic acid groups (broad SMARTS) is 1. The van der Waals surface area contributed by atoms with Crippen LogP contribution in [0.2, 0.25) is 0 Å². The molecule has 0 radical (unpaired) electrons. The van der Waals surface area contributed by atoms with Gasteiger partial charge in [-0.25, -0.2) is 0 Å². The Morgan fingerprint density at radius 3 is 1.71 bits per heavy atom. The summed E-state index contributed by atoms with van der Waals surface area (Å²) in [5.74, 6) is -0.472. The third kappa shape index (κ3) is 4.50. The van der Waals surface area contributed by atoms with Crippen LogP contribution in [-0.2, 0) is 4.79 Å². The Balaban J connectivity index is 0.000000364. The molecule has 0 heterocycles. The molecule has 0 atom stereocenters. The lowest BCUT2D eigenvalue weighted by atomic mass is 10.0. The van der Waals surface area contributed by atoms with Gasteiger partial charge in [0.2, 0.25) is 0 Å². The predicted molar refractivity (Wildman–Crippen MR) is 55.6 cm³/mol. The SMILES string of the molecule is CC(=O)O.Cc1cc(O)cc(C)c1C. The van der Waals surface area contributed by atoms with Crippen molar-refractivity contribution in [2.24, 2.45) is 0 Å². The molecule has 1 aromatic carbocycles. The first-order valence-electron chi connectivity index (χ1n) is 4.31. The molecule has 0 bridgehead atoms. The molecule has 3 heteroatoms. The van der Waals surface area contributed by atoms with E-state index in [9.17, 15) is 0 Å². The molecule has 14 heavy (non-hydrogen) atoms. The summed E-state index contributed by atoms with van der Waals surface area (Å²) in [7, 11) is 0. The highest BCUT2D eigenvalue weighted by molar-refractivity contribution is 5.62. The minimum atomic E-state index is -0.833. The van der Waals surface area contributed by atoms with Crippen molar-refractivity contribution in [1.29, 1.82) is 0 Å². The van der Waals surface area contributed by atoms with Gasteiger partial charge in [0.15, 0.2) is 0 Å². The van der Waals surface area contributed by atoms with E-state index in [1.165, 1.54) is 5.56 Å². The van der Waals surface area contributed by atoms with Gasteiger partial charge in [0, 0.05) is 6.92 Å². The van der Waals surface area contributed by atoms with Crippen molar-refractivity contribution in [3.8, 4) is 5.75 Å². The third-order valence-corrected chi connectivity index (χ3v) is 1.91. The summed E-state index contributed by atoms with van der Waals surface area (Å²) < 4.78 is 0. The molecule has 78 valence electrons. The fourth-order valence-electron chi connectivity index (χ4n) is 1.01. The van der Waals surface area contributed by atoms with E-state index in [1.54, 1.807) is 12.1 Å². The molecule has 0 unspecified atom stereocenters. The molecular weight excluding hydrogens is 180 g/mol. The second kappa shape index (κ2) is 5.27. The molecule has 0 aliphatic heterocycles. The number of carbonyl (C=O) groups is 1. The van der Waals surface area contributed by atoms with Gasteiger partial charge in [-0.3, -0.25) is 4.79 Å². The molecule has 0 spiro atoms. The van der Waals surface area contributed by atoms with Crippen LogP contribution in [-0.4, -0.2) is 16.2 Å². The lowest BCUT2D eigenvalue weighted by Crippen LogP contribution is -1.84. The van der Waals surface area contributed by atoms with E-state index in [4.69, 9.17) is 15.0 Å². The van der Waals surface area contributed by atoms with Crippen LogP contribution in [0.5, 0.6) is 5.75 Å². The quantitative estimate of drug-likeness (QED) is 0.670. The Hall–Kier alpha value is -1.51. The molecule has 0 amide bonds. The van der Waals surface area contributed by atoms with Gasteiger partial charge in [-0.2, -0.15) is 0 Å². The number of hydrogen-bond acceptors (Lipinski definition) is 2. The minimum absolute atomic E-state index is 0.362. The highest BCUT2D eigenvalue weighted by Crippen LogP contribution is 2.18. The Morgan fingerprint density at radius 1 is 1.14 bits per heavy atom. The maximum atomic E-state index is 9.12. The average Bonchev–Trinajstić information content (AvgIpc) is 1.98. The summed E-state index contributed by atoms with van der Waals surface area (Å²) in [6.45, 7) is 7.15. The number of carboxylic acids is 1. The predicted octanol–water partition coefficient (Wildman–Crippen LogP) is 2.41. The van der Waals surface area contributed by atoms with Crippen molar-refractivity contribution in [3.63, 3.8) is 0 Å². The van der Waals surface area contributed by atoms with Crippen molar-refractivity contribution in [3.05, 3.63) is 28.8 Å². The van der Waals surface area contributed by atoms with Gasteiger partial charge >= 0.3 is 0 Å². The molecule has 0 aliphatic rings. The number of hydrogen-bond donors (Lipinski definition) is 2. The second-order valence-electron chi connectivity index (χ2n) is 3.22. The number of phenolic OH excluding ortho intramolecular Hbond substituents is 1. The molecule has 0 saturated carbocycles. The lowest BCUT2D eigenvalue weighted by Gasteiger charge is -2.03. The van der Waals surface area contributed by atoms with Crippen molar-refractivity contribution in [2.75, 3.05) is 0 Å². The van der Waals surface area contributed by atoms with E-state index in [0.717, 1.165) is 18.1 Å². The van der Waals surface area contributed by atoms with Gasteiger partial charge in [0.25, 0.3) is 5.97 Å². The fraction of sp³-hybridized carbons (Fsp3) is 0.364. The molecule has 2 N–H and O–H groups in total. The fourth-order valence-corrected chi connectivity index (χ4v) is 1.01. The van der Waals surface area contributed by atoms with Crippen LogP contribution in [0, 0.1) is 20.8 Å². The molecule has 1 aromatic rings. The van der Waals surface area contributed by atoms with Crippen LogP contribution >= 0.6 is 0 Å². The van der Waals surface area contributed by atoms with Crippen LogP contribution in [0.1, 0.15) is 23.6 Å². The lowest BCUT2D eigenvalue weighted by molar-refractivity contribution is -0.134. The van der Waals surface area contributed by atoms with Gasteiger partial charge in [-0.15, -0.1) is 0 Å². The minimum Gasteiger partial charge on any atom is -0.508 e. The Bertz CT molecular complexity index is 302. The molecular formula is C11H16O3. The van der Waals surface area contributed by atoms with Crippen LogP contribution in [0.4, 0.5) is 0 Å². The van der Waals surface area contributed by atoms with E-state index >= 15 is 0 Å². The first-order chi connectivity index (χ1) is 6.34. The monoisotopic (exact) mass is 196 g/mol. The highest BCUT2D eigenvalue weighted by atomic mass is 16.4. The normalized spacial score (nSPS) is 8.86. The van der Waals surface area contributed by atoms with E-state index in [1.807, 2.05) is 13.8 Å². The van der Waals surface area contributed by atoms with E-state index < -0.39 is 5.97 Å². The zero-order valence-electron chi connectivity index (χ0n) is 8.96. The standard InChI is InChI=1S/C9H12O.C2H4O2/c1-6-4-9(10)5-7(2)8(6)3;1-2(3)4/h4-5,10H,1-3H3;1H3,(H,3,4). The van der Waals surface area contributed by atoms with Crippen molar-refractivity contribution in [2.45, 2.75) is 27.7 Å². The summed E-state index contributed by atoms with van der Waals surface area (Å²) >= 11 is 0. The van der Waals surface area contributed by atoms with Gasteiger partial charge in [-0.05, 0) is 49.6 Å². The zero-order valence-corrected chi connectivity index (χ0v) is 8.96. The Labute approximate surface area is 84.0 Å². The number of aliphatic carboxylic acids is 1. The first kappa shape index (κ1) is 12.5. The first-order valence-corrected chi connectivity index (χ1v) is 4.31. The maximum Gasteiger partial charge on any atom is 0.300 e. The Kier molecular flexibility index (Phi) is 4.70. The van der Waals surface area contributed by atoms with E-state index in [0.29, 0.717) is 5.75 Å². The van der Waals surface area contributed by atoms with Gasteiger partial charge in [0.05, 0.1) is 0 Å². The molecule has 0 fully saturated rings. The zero-order chi connectivity index (χ0) is 11.3. The topological polar surface area (TPSA) is 57.5 Å². The summed E-state index contributed by atoms with van der Waals surface area (Å²) in [6, 6.07) is 3.56. The number of benzene rings is 1. The van der Waals surface area contributed by atoms with Crippen LogP contribution < -0.4 is 0 Å². The highest BCUT2D eigenvalue weighted by Gasteiger charge is 1.97. The third-order valence-electron chi connectivity index (χ3n) is 1.91. The number of aryl methyl sites for hydroxylation is 2. The largest absolute Gasteiger partial charge is 0.508 e. The van der Waals surface area contributed by atoms with Crippen LogP contribution in [0.3, 0.4) is 0 Å². The summed E-state index contributed by atoms with van der Waals surface area (Å²) in [4.78, 5) is 9.00. The summed E-state index contributed by atoms with van der Waals surface area (Å²) in [5.41, 5.74) is 3.56. The van der Waals surface area contributed by atoms with Gasteiger partial charge in [0.1, 0.15) is 5.75 Å². The molecule has 0 saturated heterocycles. The van der Waals surface area contributed by atoms with Gasteiger partial charge in [-0.1, -0.05) is 0 Å². The number of phenols is 1.